The Labute approximate surface area is 202 Å². The number of aromatic nitrogens is 2. The number of nitrogens with zero attached hydrogens (tertiary/aromatic N) is 5. The van der Waals surface area contributed by atoms with E-state index in [1.165, 1.54) is 0 Å². The minimum Gasteiger partial charge on any atom is -0.488 e. The van der Waals surface area contributed by atoms with Crippen molar-refractivity contribution in [3.63, 3.8) is 0 Å². The van der Waals surface area contributed by atoms with Crippen LogP contribution in [0.25, 0.3) is 0 Å². The van der Waals surface area contributed by atoms with Gasteiger partial charge in [0, 0.05) is 49.5 Å². The molecule has 34 heavy (non-hydrogen) atoms. The third-order valence-electron chi connectivity index (χ3n) is 6.48. The van der Waals surface area contributed by atoms with E-state index in [2.05, 4.69) is 62.9 Å². The van der Waals surface area contributed by atoms with E-state index in [4.69, 9.17) is 9.47 Å². The fourth-order valence-corrected chi connectivity index (χ4v) is 4.47. The van der Waals surface area contributed by atoms with E-state index in [0.717, 1.165) is 74.7 Å². The Bertz CT molecular complexity index is 978. The van der Waals surface area contributed by atoms with Gasteiger partial charge >= 0.3 is 0 Å². The fraction of sp³-hybridized carbons (Fsp3) is 0.538. The van der Waals surface area contributed by atoms with E-state index in [1.807, 2.05) is 19.3 Å². The van der Waals surface area contributed by atoms with Crippen LogP contribution in [-0.2, 0) is 4.74 Å². The molecule has 8 nitrogen and oxygen atoms in total. The molecule has 8 heteroatoms. The highest BCUT2D eigenvalue weighted by Gasteiger charge is 2.25. The van der Waals surface area contributed by atoms with E-state index >= 15 is 0 Å². The average molecular weight is 465 g/mol. The summed E-state index contributed by atoms with van der Waals surface area (Å²) in [5.74, 6) is 1.89. The Morgan fingerprint density at radius 3 is 2.47 bits per heavy atom. The first-order chi connectivity index (χ1) is 16.6. The summed E-state index contributed by atoms with van der Waals surface area (Å²) >= 11 is 0. The molecule has 1 aliphatic carbocycles. The van der Waals surface area contributed by atoms with Crippen LogP contribution in [0, 0.1) is 0 Å². The standard InChI is InChI=1S/C26H36N6O2/c1-5-28-23-14-21(32-10-12-33-13-11-32)15-24(25(23)27-4)34-22-8-6-20(7-9-22)31-26-29-16-19(17-30-26)18(2)3/h5,14-18,20,22H,4,6-13H2,1-3H3,(H,29,30,31). The molecule has 1 aromatic heterocycles. The summed E-state index contributed by atoms with van der Waals surface area (Å²) in [7, 11) is 0. The fourth-order valence-electron chi connectivity index (χ4n) is 4.47. The summed E-state index contributed by atoms with van der Waals surface area (Å²) in [6.45, 7) is 13.1. The minimum absolute atomic E-state index is 0.126. The van der Waals surface area contributed by atoms with Crippen LogP contribution in [0.15, 0.2) is 34.5 Å². The molecule has 1 aliphatic heterocycles. The van der Waals surface area contributed by atoms with Crippen LogP contribution >= 0.6 is 0 Å². The zero-order valence-corrected chi connectivity index (χ0v) is 20.5. The van der Waals surface area contributed by atoms with Gasteiger partial charge in [0.1, 0.15) is 11.4 Å². The molecule has 0 unspecified atom stereocenters. The summed E-state index contributed by atoms with van der Waals surface area (Å²) < 4.78 is 12.0. The number of nitrogens with one attached hydrogen (secondary N) is 1. The van der Waals surface area contributed by atoms with Crippen molar-refractivity contribution in [1.29, 1.82) is 0 Å². The molecule has 1 N–H and O–H groups in total. The topological polar surface area (TPSA) is 84.2 Å². The number of anilines is 2. The van der Waals surface area contributed by atoms with Crippen molar-refractivity contribution in [2.45, 2.75) is 64.5 Å². The first-order valence-electron chi connectivity index (χ1n) is 12.3. The molecule has 2 fully saturated rings. The lowest BCUT2D eigenvalue weighted by atomic mass is 9.93. The van der Waals surface area contributed by atoms with E-state index in [0.29, 0.717) is 23.6 Å². The number of ether oxygens (including phenoxy) is 2. The lowest BCUT2D eigenvalue weighted by Gasteiger charge is -2.32. The second kappa shape index (κ2) is 11.4. The molecule has 0 atom stereocenters. The van der Waals surface area contributed by atoms with Crippen molar-refractivity contribution in [3.05, 3.63) is 30.1 Å². The number of benzene rings is 1. The quantitative estimate of drug-likeness (QED) is 0.534. The molecule has 2 aromatic rings. The van der Waals surface area contributed by atoms with Crippen LogP contribution in [0.1, 0.15) is 57.9 Å². The van der Waals surface area contributed by atoms with Crippen molar-refractivity contribution >= 4 is 35.9 Å². The average Bonchev–Trinajstić information content (AvgIpc) is 2.86. The van der Waals surface area contributed by atoms with Gasteiger partial charge in [-0.05, 0) is 56.9 Å². The summed E-state index contributed by atoms with van der Waals surface area (Å²) in [5.41, 5.74) is 3.73. The third kappa shape index (κ3) is 5.91. The third-order valence-corrected chi connectivity index (χ3v) is 6.48. The molecular weight excluding hydrogens is 428 g/mol. The van der Waals surface area contributed by atoms with Gasteiger partial charge in [-0.25, -0.2) is 9.97 Å². The van der Waals surface area contributed by atoms with Crippen molar-refractivity contribution in [2.24, 2.45) is 9.98 Å². The molecule has 0 spiro atoms. The number of rotatable bonds is 8. The predicted molar refractivity (Wildman–Crippen MR) is 139 cm³/mol. The Kier molecular flexibility index (Phi) is 8.11. The molecular formula is C26H36N6O2. The first-order valence-corrected chi connectivity index (χ1v) is 12.3. The maximum Gasteiger partial charge on any atom is 0.222 e. The van der Waals surface area contributed by atoms with Crippen molar-refractivity contribution in [3.8, 4) is 5.75 Å². The van der Waals surface area contributed by atoms with Gasteiger partial charge in [-0.1, -0.05) is 13.8 Å². The van der Waals surface area contributed by atoms with E-state index in [-0.39, 0.29) is 6.10 Å². The van der Waals surface area contributed by atoms with Crippen molar-refractivity contribution in [1.82, 2.24) is 9.97 Å². The second-order valence-corrected chi connectivity index (χ2v) is 9.19. The Balaban J connectivity index is 1.42. The van der Waals surface area contributed by atoms with Crippen LogP contribution in [0.2, 0.25) is 0 Å². The molecule has 4 rings (SSSR count). The highest BCUT2D eigenvalue weighted by Crippen LogP contribution is 2.43. The van der Waals surface area contributed by atoms with Gasteiger partial charge in [0.15, 0.2) is 0 Å². The van der Waals surface area contributed by atoms with Crippen molar-refractivity contribution in [2.75, 3.05) is 36.5 Å². The van der Waals surface area contributed by atoms with Crippen molar-refractivity contribution < 1.29 is 9.47 Å². The number of hydrogen-bond donors (Lipinski definition) is 1. The van der Waals surface area contributed by atoms with E-state index < -0.39 is 0 Å². The zero-order valence-electron chi connectivity index (χ0n) is 20.5. The molecule has 1 saturated carbocycles. The zero-order chi connectivity index (χ0) is 23.9. The molecule has 0 amide bonds. The van der Waals surface area contributed by atoms with Crippen LogP contribution in [0.3, 0.4) is 0 Å². The lowest BCUT2D eigenvalue weighted by Crippen LogP contribution is -2.36. The molecule has 2 heterocycles. The summed E-state index contributed by atoms with van der Waals surface area (Å²) in [6, 6.07) is 4.49. The van der Waals surface area contributed by atoms with Gasteiger partial charge in [-0.2, -0.15) is 0 Å². The number of aliphatic imine (C=N–C) groups is 2. The second-order valence-electron chi connectivity index (χ2n) is 9.19. The van der Waals surface area contributed by atoms with Gasteiger partial charge in [0.2, 0.25) is 5.95 Å². The SMILES string of the molecule is C=Nc1c(N=CC)cc(N2CCOCC2)cc1OC1CCC(Nc2ncc(C(C)C)cn2)CC1. The molecule has 1 aromatic carbocycles. The number of morpholine rings is 1. The minimum atomic E-state index is 0.126. The summed E-state index contributed by atoms with van der Waals surface area (Å²) in [6.07, 6.45) is 9.64. The van der Waals surface area contributed by atoms with Crippen LogP contribution in [0.5, 0.6) is 5.75 Å². The lowest BCUT2D eigenvalue weighted by molar-refractivity contribution is 0.122. The smallest absolute Gasteiger partial charge is 0.222 e. The van der Waals surface area contributed by atoms with Crippen LogP contribution < -0.4 is 15.0 Å². The first kappa shape index (κ1) is 24.1. The highest BCUT2D eigenvalue weighted by molar-refractivity contribution is 5.80. The monoisotopic (exact) mass is 464 g/mol. The normalized spacial score (nSPS) is 21.1. The van der Waals surface area contributed by atoms with Gasteiger partial charge in [-0.3, -0.25) is 9.98 Å². The molecule has 182 valence electrons. The Morgan fingerprint density at radius 2 is 1.85 bits per heavy atom. The van der Waals surface area contributed by atoms with E-state index in [9.17, 15) is 0 Å². The summed E-state index contributed by atoms with van der Waals surface area (Å²) in [4.78, 5) is 20.1. The molecule has 0 bridgehead atoms. The van der Waals surface area contributed by atoms with Gasteiger partial charge in [-0.15, -0.1) is 0 Å². The summed E-state index contributed by atoms with van der Waals surface area (Å²) in [5, 5.41) is 3.49. The largest absolute Gasteiger partial charge is 0.488 e. The Hall–Kier alpha value is -3.00. The highest BCUT2D eigenvalue weighted by atomic mass is 16.5. The Morgan fingerprint density at radius 1 is 1.15 bits per heavy atom. The molecule has 1 saturated heterocycles. The van der Waals surface area contributed by atoms with Gasteiger partial charge in [0.05, 0.1) is 25.0 Å². The number of hydrogen-bond acceptors (Lipinski definition) is 8. The predicted octanol–water partition coefficient (Wildman–Crippen LogP) is 5.29. The van der Waals surface area contributed by atoms with Crippen LogP contribution in [-0.4, -0.2) is 61.3 Å². The maximum atomic E-state index is 6.51. The van der Waals surface area contributed by atoms with Gasteiger partial charge < -0.3 is 19.7 Å². The van der Waals surface area contributed by atoms with Crippen LogP contribution in [0.4, 0.5) is 23.0 Å². The van der Waals surface area contributed by atoms with Gasteiger partial charge in [0.25, 0.3) is 0 Å². The van der Waals surface area contributed by atoms with E-state index in [1.54, 1.807) is 6.21 Å². The maximum absolute atomic E-state index is 6.51. The molecule has 0 radical (unpaired) electrons. The molecule has 2 aliphatic rings.